The van der Waals surface area contributed by atoms with Crippen molar-refractivity contribution in [2.24, 2.45) is 5.73 Å². The molecule has 94 valence electrons. The van der Waals surface area contributed by atoms with Gasteiger partial charge in [-0.3, -0.25) is 0 Å². The molecule has 3 N–H and O–H groups in total. The fourth-order valence-electron chi connectivity index (χ4n) is 2.15. The third-order valence-electron chi connectivity index (χ3n) is 3.55. The first-order chi connectivity index (χ1) is 7.41. The van der Waals surface area contributed by atoms with Gasteiger partial charge in [0.05, 0.1) is 11.7 Å². The second-order valence-corrected chi connectivity index (χ2v) is 5.09. The Morgan fingerprint density at radius 1 is 1.31 bits per heavy atom. The molecule has 0 saturated heterocycles. The molecule has 2 fully saturated rings. The summed E-state index contributed by atoms with van der Waals surface area (Å²) in [4.78, 5) is 0. The van der Waals surface area contributed by atoms with E-state index in [4.69, 9.17) is 10.5 Å². The Balaban J connectivity index is 1.81. The lowest BCUT2D eigenvalue weighted by atomic mass is 9.77. The monoisotopic (exact) mass is 235 g/mol. The van der Waals surface area contributed by atoms with Crippen LogP contribution in [0.3, 0.4) is 0 Å². The van der Waals surface area contributed by atoms with E-state index in [2.05, 4.69) is 0 Å². The van der Waals surface area contributed by atoms with Crippen LogP contribution in [0.5, 0.6) is 0 Å². The van der Waals surface area contributed by atoms with Gasteiger partial charge in [0, 0.05) is 31.9 Å². The molecular weight excluding hydrogens is 216 g/mol. The molecule has 0 radical (unpaired) electrons. The summed E-state index contributed by atoms with van der Waals surface area (Å²) in [5.74, 6) is -2.72. The third kappa shape index (κ3) is 2.90. The van der Waals surface area contributed by atoms with Gasteiger partial charge in [-0.25, -0.2) is 8.78 Å². The molecule has 0 spiro atoms. The molecule has 2 atom stereocenters. The van der Waals surface area contributed by atoms with Gasteiger partial charge in [0.1, 0.15) is 0 Å². The Morgan fingerprint density at radius 3 is 2.56 bits per heavy atom. The number of rotatable bonds is 4. The zero-order chi connectivity index (χ0) is 11.8. The Kier molecular flexibility index (Phi) is 3.20. The van der Waals surface area contributed by atoms with Crippen LogP contribution < -0.4 is 5.73 Å². The zero-order valence-electron chi connectivity index (χ0n) is 9.29. The lowest BCUT2D eigenvalue weighted by Gasteiger charge is -2.41. The maximum absolute atomic E-state index is 13.0. The Bertz CT molecular complexity index is 258. The summed E-state index contributed by atoms with van der Waals surface area (Å²) in [6, 6.07) is -0.848. The Morgan fingerprint density at radius 2 is 2.00 bits per heavy atom. The van der Waals surface area contributed by atoms with E-state index >= 15 is 0 Å². The number of nitrogens with two attached hydrogens (primary N) is 1. The third-order valence-corrected chi connectivity index (χ3v) is 3.55. The summed E-state index contributed by atoms with van der Waals surface area (Å²) >= 11 is 0. The fraction of sp³-hybridized carbons (Fsp3) is 1.00. The molecule has 5 heteroatoms. The maximum atomic E-state index is 13.0. The van der Waals surface area contributed by atoms with Crippen molar-refractivity contribution in [1.82, 2.24) is 0 Å². The highest BCUT2D eigenvalue weighted by Gasteiger charge is 2.47. The second-order valence-electron chi connectivity index (χ2n) is 5.09. The van der Waals surface area contributed by atoms with Crippen LogP contribution in [-0.4, -0.2) is 35.4 Å². The largest absolute Gasteiger partial charge is 0.388 e. The van der Waals surface area contributed by atoms with Crippen LogP contribution in [-0.2, 0) is 4.74 Å². The van der Waals surface area contributed by atoms with Crippen molar-refractivity contribution in [1.29, 1.82) is 0 Å². The minimum atomic E-state index is -2.72. The average Bonchev–Trinajstić information content (AvgIpc) is 2.96. The van der Waals surface area contributed by atoms with Crippen LogP contribution in [0, 0.1) is 0 Å². The van der Waals surface area contributed by atoms with Gasteiger partial charge in [0.15, 0.2) is 0 Å². The number of hydrogen-bond acceptors (Lipinski definition) is 3. The van der Waals surface area contributed by atoms with E-state index in [9.17, 15) is 13.9 Å². The quantitative estimate of drug-likeness (QED) is 0.775. The fourth-order valence-corrected chi connectivity index (χ4v) is 2.15. The molecule has 0 bridgehead atoms. The smallest absolute Gasteiger partial charge is 0.249 e. The van der Waals surface area contributed by atoms with Crippen LogP contribution in [0.2, 0.25) is 0 Å². The van der Waals surface area contributed by atoms with Gasteiger partial charge in [0.2, 0.25) is 5.92 Å². The number of halogens is 2. The van der Waals surface area contributed by atoms with Gasteiger partial charge in [-0.05, 0) is 19.3 Å². The van der Waals surface area contributed by atoms with Gasteiger partial charge in [-0.15, -0.1) is 0 Å². The van der Waals surface area contributed by atoms with Crippen molar-refractivity contribution in [2.75, 3.05) is 6.61 Å². The summed E-state index contributed by atoms with van der Waals surface area (Å²) in [6.45, 7) is 0.417. The van der Waals surface area contributed by atoms with Crippen LogP contribution in [0.1, 0.15) is 38.5 Å². The van der Waals surface area contributed by atoms with Crippen LogP contribution in [0.15, 0.2) is 0 Å². The van der Waals surface area contributed by atoms with Crippen molar-refractivity contribution in [2.45, 2.75) is 62.2 Å². The van der Waals surface area contributed by atoms with Crippen molar-refractivity contribution in [3.05, 3.63) is 0 Å². The van der Waals surface area contributed by atoms with Crippen LogP contribution in [0.4, 0.5) is 8.78 Å². The van der Waals surface area contributed by atoms with Crippen molar-refractivity contribution >= 4 is 0 Å². The Hall–Kier alpha value is -0.260. The van der Waals surface area contributed by atoms with E-state index in [1.807, 2.05) is 0 Å². The summed E-state index contributed by atoms with van der Waals surface area (Å²) in [6.07, 6.45) is 2.19. The number of ether oxygens (including phenoxy) is 1. The molecule has 0 aromatic carbocycles. The summed E-state index contributed by atoms with van der Waals surface area (Å²) in [7, 11) is 0. The topological polar surface area (TPSA) is 55.5 Å². The first-order valence-corrected chi connectivity index (χ1v) is 5.89. The summed E-state index contributed by atoms with van der Waals surface area (Å²) < 4.78 is 31.5. The minimum Gasteiger partial charge on any atom is -0.388 e. The summed E-state index contributed by atoms with van der Waals surface area (Å²) in [5.41, 5.74) is 4.47. The molecule has 0 aromatic rings. The Labute approximate surface area is 94.0 Å². The predicted molar refractivity (Wildman–Crippen MR) is 55.3 cm³/mol. The molecule has 2 unspecified atom stereocenters. The lowest BCUT2D eigenvalue weighted by molar-refractivity contribution is -0.124. The van der Waals surface area contributed by atoms with Gasteiger partial charge in [-0.2, -0.15) is 0 Å². The first-order valence-electron chi connectivity index (χ1n) is 5.89. The van der Waals surface area contributed by atoms with Crippen molar-refractivity contribution in [3.63, 3.8) is 0 Å². The predicted octanol–water partition coefficient (Wildman–Crippen LogP) is 1.43. The van der Waals surface area contributed by atoms with E-state index in [1.54, 1.807) is 0 Å². The molecule has 2 rings (SSSR count). The SMILES string of the molecule is NC1CC(F)(F)CCC1(O)CCOC1CC1. The van der Waals surface area contributed by atoms with E-state index in [1.165, 1.54) is 0 Å². The molecule has 0 heterocycles. The molecule has 2 aliphatic rings. The van der Waals surface area contributed by atoms with Crippen molar-refractivity contribution in [3.8, 4) is 0 Å². The van der Waals surface area contributed by atoms with Gasteiger partial charge in [0.25, 0.3) is 0 Å². The van der Waals surface area contributed by atoms with E-state index < -0.39 is 24.0 Å². The van der Waals surface area contributed by atoms with Crippen LogP contribution >= 0.6 is 0 Å². The number of alkyl halides is 2. The molecule has 2 aliphatic carbocycles. The van der Waals surface area contributed by atoms with Crippen molar-refractivity contribution < 1.29 is 18.6 Å². The second kappa shape index (κ2) is 4.20. The molecule has 16 heavy (non-hydrogen) atoms. The standard InChI is InChI=1S/C11H19F2NO2/c12-11(13)4-3-10(15,9(14)7-11)5-6-16-8-1-2-8/h8-9,15H,1-7,14H2. The molecule has 3 nitrogen and oxygen atoms in total. The van der Waals surface area contributed by atoms with Gasteiger partial charge < -0.3 is 15.6 Å². The number of hydrogen-bond donors (Lipinski definition) is 2. The van der Waals surface area contributed by atoms with Crippen LogP contribution in [0.25, 0.3) is 0 Å². The average molecular weight is 235 g/mol. The normalized spacial score (nSPS) is 38.6. The zero-order valence-corrected chi connectivity index (χ0v) is 9.29. The summed E-state index contributed by atoms with van der Waals surface area (Å²) in [5, 5.41) is 10.2. The number of aliphatic hydroxyl groups is 1. The molecule has 2 saturated carbocycles. The molecular formula is C11H19F2NO2. The highest BCUT2D eigenvalue weighted by molar-refractivity contribution is 4.98. The van der Waals surface area contributed by atoms with E-state index in [-0.39, 0.29) is 12.8 Å². The molecule has 0 aromatic heterocycles. The molecule has 0 amide bonds. The maximum Gasteiger partial charge on any atom is 0.249 e. The van der Waals surface area contributed by atoms with Gasteiger partial charge >= 0.3 is 0 Å². The minimum absolute atomic E-state index is 0.0647. The highest BCUT2D eigenvalue weighted by Crippen LogP contribution is 2.39. The first kappa shape index (κ1) is 12.2. The van der Waals surface area contributed by atoms with Gasteiger partial charge in [-0.1, -0.05) is 0 Å². The highest BCUT2D eigenvalue weighted by atomic mass is 19.3. The van der Waals surface area contributed by atoms with E-state index in [0.29, 0.717) is 19.1 Å². The lowest BCUT2D eigenvalue weighted by Crippen LogP contribution is -2.55. The molecule has 0 aliphatic heterocycles. The van der Waals surface area contributed by atoms with E-state index in [0.717, 1.165) is 12.8 Å².